The number of carboxylic acid groups (broad SMARTS) is 1. The number of primary amides is 1. The average Bonchev–Trinajstić information content (AvgIpc) is 3.01. The van der Waals surface area contributed by atoms with E-state index in [1.807, 2.05) is 79.4 Å². The molecule has 0 saturated heterocycles. The van der Waals surface area contributed by atoms with Gasteiger partial charge in [-0.15, -0.1) is 0 Å². The van der Waals surface area contributed by atoms with Crippen molar-refractivity contribution in [3.63, 3.8) is 0 Å². The third-order valence-electron chi connectivity index (χ3n) is 7.78. The minimum Gasteiger partial charge on any atom is -0.493 e. The van der Waals surface area contributed by atoms with Gasteiger partial charge in [-0.1, -0.05) is 42.5 Å². The standard InChI is InChI=1S/C34H39N3O7/c1-22-8-3-14-30(23(22)2)43-19-7-15-32(39)37-18-6-12-27-26(11-5-13-29(27)37)25-10-4-9-24(20-25)21-44-34(42)36-28(33(40)41)16-17-31(35)38/h3-5,8-11,13-14,20,28H,6-7,12,15-19,21H2,1-2H3,(H2,35,38)(H,36,42)(H,40,41). The first kappa shape index (κ1) is 32.1. The summed E-state index contributed by atoms with van der Waals surface area (Å²) in [6, 6.07) is 18.2. The Balaban J connectivity index is 1.38. The lowest BCUT2D eigenvalue weighted by atomic mass is 9.91. The van der Waals surface area contributed by atoms with E-state index in [4.69, 9.17) is 15.2 Å². The molecule has 3 amide bonds. The molecule has 44 heavy (non-hydrogen) atoms. The highest BCUT2D eigenvalue weighted by Crippen LogP contribution is 2.36. The van der Waals surface area contributed by atoms with Gasteiger partial charge in [0.2, 0.25) is 11.8 Å². The minimum atomic E-state index is -1.28. The lowest BCUT2D eigenvalue weighted by Gasteiger charge is -2.31. The van der Waals surface area contributed by atoms with E-state index in [0.717, 1.165) is 46.5 Å². The SMILES string of the molecule is Cc1cccc(OCCCC(=O)N2CCCc3c(-c4cccc(COC(=O)NC(CCC(N)=O)C(=O)O)c4)cccc32)c1C. The zero-order valence-corrected chi connectivity index (χ0v) is 25.1. The molecule has 1 unspecified atom stereocenters. The van der Waals surface area contributed by atoms with Gasteiger partial charge in [-0.25, -0.2) is 9.59 Å². The molecule has 232 valence electrons. The number of ether oxygens (including phenoxy) is 2. The highest BCUT2D eigenvalue weighted by Gasteiger charge is 2.25. The van der Waals surface area contributed by atoms with Crippen LogP contribution in [-0.2, 0) is 32.1 Å². The number of rotatable bonds is 13. The molecule has 10 nitrogen and oxygen atoms in total. The maximum atomic E-state index is 13.3. The Kier molecular flexibility index (Phi) is 11.0. The molecule has 1 aliphatic heterocycles. The Bertz CT molecular complexity index is 1520. The molecule has 10 heteroatoms. The van der Waals surface area contributed by atoms with Crippen LogP contribution < -0.4 is 20.7 Å². The van der Waals surface area contributed by atoms with Crippen LogP contribution in [-0.4, -0.2) is 48.2 Å². The molecule has 0 aliphatic carbocycles. The molecular weight excluding hydrogens is 562 g/mol. The molecule has 4 rings (SSSR count). The number of carboxylic acids is 1. The number of carbonyl (C=O) groups excluding carboxylic acids is 3. The maximum Gasteiger partial charge on any atom is 0.408 e. The summed E-state index contributed by atoms with van der Waals surface area (Å²) in [5, 5.41) is 11.6. The van der Waals surface area contributed by atoms with Crippen LogP contribution in [0.5, 0.6) is 5.75 Å². The van der Waals surface area contributed by atoms with Crippen molar-refractivity contribution in [1.82, 2.24) is 5.32 Å². The molecule has 4 N–H and O–H groups in total. The van der Waals surface area contributed by atoms with Crippen molar-refractivity contribution >= 4 is 29.6 Å². The molecule has 0 saturated carbocycles. The van der Waals surface area contributed by atoms with Gasteiger partial charge in [-0.3, -0.25) is 9.59 Å². The predicted molar refractivity (Wildman–Crippen MR) is 166 cm³/mol. The van der Waals surface area contributed by atoms with Crippen molar-refractivity contribution in [2.24, 2.45) is 5.73 Å². The van der Waals surface area contributed by atoms with Crippen molar-refractivity contribution in [2.75, 3.05) is 18.1 Å². The number of nitrogens with one attached hydrogen (secondary N) is 1. The molecule has 0 bridgehead atoms. The molecule has 0 radical (unpaired) electrons. The smallest absolute Gasteiger partial charge is 0.408 e. The first-order valence-electron chi connectivity index (χ1n) is 14.8. The number of hydrogen-bond donors (Lipinski definition) is 3. The van der Waals surface area contributed by atoms with Crippen LogP contribution in [0.1, 0.15) is 54.4 Å². The second-order valence-corrected chi connectivity index (χ2v) is 10.9. The van der Waals surface area contributed by atoms with E-state index in [0.29, 0.717) is 31.6 Å². The first-order valence-corrected chi connectivity index (χ1v) is 14.8. The first-order chi connectivity index (χ1) is 21.1. The monoisotopic (exact) mass is 601 g/mol. The molecule has 0 aromatic heterocycles. The van der Waals surface area contributed by atoms with Crippen molar-refractivity contribution < 1.29 is 33.8 Å². The number of anilines is 1. The molecule has 1 atom stereocenters. The Morgan fingerprint density at radius 3 is 2.57 bits per heavy atom. The fraction of sp³-hybridized carbons (Fsp3) is 0.353. The highest BCUT2D eigenvalue weighted by atomic mass is 16.5. The van der Waals surface area contributed by atoms with Crippen molar-refractivity contribution in [2.45, 2.75) is 65.0 Å². The Labute approximate surface area is 257 Å². The molecule has 0 spiro atoms. The number of aryl methyl sites for hydroxylation is 1. The Morgan fingerprint density at radius 2 is 1.80 bits per heavy atom. The van der Waals surface area contributed by atoms with E-state index >= 15 is 0 Å². The zero-order chi connectivity index (χ0) is 31.6. The number of nitrogens with two attached hydrogens (primary N) is 1. The number of carbonyl (C=O) groups is 4. The second-order valence-electron chi connectivity index (χ2n) is 10.9. The Morgan fingerprint density at radius 1 is 1.02 bits per heavy atom. The van der Waals surface area contributed by atoms with Gasteiger partial charge in [0.15, 0.2) is 0 Å². The fourth-order valence-corrected chi connectivity index (χ4v) is 5.28. The number of fused-ring (bicyclic) bond motifs is 1. The summed E-state index contributed by atoms with van der Waals surface area (Å²) in [7, 11) is 0. The summed E-state index contributed by atoms with van der Waals surface area (Å²) in [6.07, 6.45) is 1.47. The molecule has 0 fully saturated rings. The molecular formula is C34H39N3O7. The fourth-order valence-electron chi connectivity index (χ4n) is 5.28. The normalized spacial score (nSPS) is 13.0. The van der Waals surface area contributed by atoms with Gasteiger partial charge in [0.1, 0.15) is 18.4 Å². The third-order valence-corrected chi connectivity index (χ3v) is 7.78. The summed E-state index contributed by atoms with van der Waals surface area (Å²) in [4.78, 5) is 49.8. The van der Waals surface area contributed by atoms with E-state index in [1.54, 1.807) is 0 Å². The van der Waals surface area contributed by atoms with Gasteiger partial charge in [0.25, 0.3) is 0 Å². The van der Waals surface area contributed by atoms with Gasteiger partial charge in [0.05, 0.1) is 6.61 Å². The lowest BCUT2D eigenvalue weighted by Crippen LogP contribution is -2.41. The number of benzene rings is 3. The Hall–Kier alpha value is -4.86. The lowest BCUT2D eigenvalue weighted by molar-refractivity contribution is -0.139. The van der Waals surface area contributed by atoms with Crippen LogP contribution in [0.4, 0.5) is 10.5 Å². The topological polar surface area (TPSA) is 148 Å². The van der Waals surface area contributed by atoms with Crippen LogP contribution >= 0.6 is 0 Å². The van der Waals surface area contributed by atoms with E-state index < -0.39 is 24.0 Å². The van der Waals surface area contributed by atoms with E-state index in [9.17, 15) is 24.3 Å². The zero-order valence-electron chi connectivity index (χ0n) is 25.1. The van der Waals surface area contributed by atoms with E-state index in [2.05, 4.69) is 5.32 Å². The van der Waals surface area contributed by atoms with Crippen LogP contribution in [0, 0.1) is 13.8 Å². The number of nitrogens with zero attached hydrogens (tertiary/aromatic N) is 1. The van der Waals surface area contributed by atoms with E-state index in [-0.39, 0.29) is 25.4 Å². The molecule has 1 heterocycles. The maximum absolute atomic E-state index is 13.3. The molecule has 1 aliphatic rings. The number of alkyl carbamates (subject to hydrolysis) is 1. The van der Waals surface area contributed by atoms with Crippen molar-refractivity contribution in [3.05, 3.63) is 82.9 Å². The summed E-state index contributed by atoms with van der Waals surface area (Å²) >= 11 is 0. The van der Waals surface area contributed by atoms with Crippen molar-refractivity contribution in [3.8, 4) is 16.9 Å². The highest BCUT2D eigenvalue weighted by molar-refractivity contribution is 5.96. The van der Waals surface area contributed by atoms with Gasteiger partial charge in [0, 0.05) is 25.1 Å². The minimum absolute atomic E-state index is 0.0660. The quantitative estimate of drug-likeness (QED) is 0.232. The predicted octanol–water partition coefficient (Wildman–Crippen LogP) is 5.05. The second kappa shape index (κ2) is 15.0. The summed E-state index contributed by atoms with van der Waals surface area (Å²) in [5.74, 6) is -1.02. The summed E-state index contributed by atoms with van der Waals surface area (Å²) < 4.78 is 11.2. The number of amides is 3. The average molecular weight is 602 g/mol. The van der Waals surface area contributed by atoms with E-state index in [1.165, 1.54) is 5.56 Å². The van der Waals surface area contributed by atoms with Crippen LogP contribution in [0.3, 0.4) is 0 Å². The number of aliphatic carboxylic acids is 1. The van der Waals surface area contributed by atoms with Gasteiger partial charge >= 0.3 is 12.1 Å². The largest absolute Gasteiger partial charge is 0.493 e. The van der Waals surface area contributed by atoms with Crippen LogP contribution in [0.2, 0.25) is 0 Å². The van der Waals surface area contributed by atoms with Crippen molar-refractivity contribution in [1.29, 1.82) is 0 Å². The summed E-state index contributed by atoms with van der Waals surface area (Å²) in [6.45, 7) is 5.13. The third kappa shape index (κ3) is 8.37. The van der Waals surface area contributed by atoms with Gasteiger partial charge < -0.3 is 30.5 Å². The van der Waals surface area contributed by atoms with Gasteiger partial charge in [-0.2, -0.15) is 0 Å². The molecule has 3 aromatic rings. The number of hydrogen-bond acceptors (Lipinski definition) is 6. The summed E-state index contributed by atoms with van der Waals surface area (Å²) in [5.41, 5.74) is 12.0. The van der Waals surface area contributed by atoms with Crippen LogP contribution in [0.15, 0.2) is 60.7 Å². The van der Waals surface area contributed by atoms with Gasteiger partial charge in [-0.05, 0) is 91.1 Å². The molecule has 3 aromatic carbocycles. The van der Waals surface area contributed by atoms with Crippen LogP contribution in [0.25, 0.3) is 11.1 Å².